The van der Waals surface area contributed by atoms with Gasteiger partial charge in [-0.05, 0) is 61.6 Å². The van der Waals surface area contributed by atoms with Gasteiger partial charge in [-0.25, -0.2) is 9.59 Å². The number of allylic oxidation sites excluding steroid dienone is 1. The number of amides is 1. The lowest BCUT2D eigenvalue weighted by Crippen LogP contribution is -2.55. The molecule has 11 heteroatoms. The van der Waals surface area contributed by atoms with Crippen molar-refractivity contribution in [1.82, 2.24) is 5.32 Å². The Bertz CT molecular complexity index is 1240. The first-order valence-electron chi connectivity index (χ1n) is 18.4. The summed E-state index contributed by atoms with van der Waals surface area (Å²) in [6.45, 7) is 4.70. The Labute approximate surface area is 296 Å². The number of nitrogens with one attached hydrogen (secondary N) is 1. The molecule has 0 saturated heterocycles. The molecule has 1 fully saturated rings. The van der Waals surface area contributed by atoms with E-state index in [9.17, 15) is 44.4 Å². The highest BCUT2D eigenvalue weighted by atomic mass is 16.5. The quantitative estimate of drug-likeness (QED) is 0.0512. The number of carbonyl (C=O) groups excluding carboxylic acids is 2. The van der Waals surface area contributed by atoms with E-state index in [4.69, 9.17) is 4.74 Å². The SMILES string of the molecule is CC(C)CCOc1ccc(C[C@H](NC(=O)[C@@H](C=CCCCCCCC(=O)CCCCC2CCCCC2)C(O)(CC(=O)O)C(=O)O)C(=O)O)cc1. The van der Waals surface area contributed by atoms with Gasteiger partial charge in [0.1, 0.15) is 17.6 Å². The van der Waals surface area contributed by atoms with Gasteiger partial charge in [-0.3, -0.25) is 14.4 Å². The van der Waals surface area contributed by atoms with Crippen molar-refractivity contribution in [1.29, 1.82) is 0 Å². The molecule has 11 nitrogen and oxygen atoms in total. The van der Waals surface area contributed by atoms with Crippen LogP contribution in [0, 0.1) is 17.8 Å². The topological polar surface area (TPSA) is 188 Å². The van der Waals surface area contributed by atoms with Gasteiger partial charge < -0.3 is 30.5 Å². The molecule has 0 aliphatic heterocycles. The number of carbonyl (C=O) groups is 5. The zero-order valence-electron chi connectivity index (χ0n) is 29.9. The summed E-state index contributed by atoms with van der Waals surface area (Å²) < 4.78 is 5.69. The molecule has 2 rings (SSSR count). The maximum Gasteiger partial charge on any atom is 0.337 e. The Kier molecular flexibility index (Phi) is 19.4. The number of carboxylic acid groups (broad SMARTS) is 3. The van der Waals surface area contributed by atoms with Crippen molar-refractivity contribution < 1.29 is 49.1 Å². The van der Waals surface area contributed by atoms with Crippen LogP contribution in [0.3, 0.4) is 0 Å². The number of aliphatic hydroxyl groups is 1. The number of hydrogen-bond acceptors (Lipinski definition) is 7. The summed E-state index contributed by atoms with van der Waals surface area (Å²) in [5.41, 5.74) is -2.45. The molecule has 50 heavy (non-hydrogen) atoms. The summed E-state index contributed by atoms with van der Waals surface area (Å²) in [5, 5.41) is 42.2. The van der Waals surface area contributed by atoms with E-state index in [1.807, 2.05) is 0 Å². The van der Waals surface area contributed by atoms with E-state index in [-0.39, 0.29) is 12.2 Å². The van der Waals surface area contributed by atoms with Gasteiger partial charge >= 0.3 is 17.9 Å². The minimum atomic E-state index is -3.01. The third kappa shape index (κ3) is 16.3. The molecule has 1 aliphatic carbocycles. The molecule has 0 bridgehead atoms. The smallest absolute Gasteiger partial charge is 0.337 e. The molecular weight excluding hydrogens is 642 g/mol. The molecule has 0 spiro atoms. The average molecular weight is 702 g/mol. The van der Waals surface area contributed by atoms with Gasteiger partial charge in [0.2, 0.25) is 5.91 Å². The standard InChI is InChI=1S/C39H59NO10/c1-28(2)24-25-50-32-22-20-30(21-23-32)26-34(37(45)46)40-36(44)33(39(49,38(47)48)27-35(42)43)19-11-6-4-3-5-10-17-31(41)18-13-12-16-29-14-8-7-9-15-29/h11,19-23,28-29,33-34,49H,3-10,12-18,24-27H2,1-2H3,(H,40,44)(H,42,43)(H,45,46)(H,47,48)/t33-,34+,39?/m1/s1. The van der Waals surface area contributed by atoms with Crippen LogP contribution in [0.5, 0.6) is 5.75 Å². The van der Waals surface area contributed by atoms with Crippen LogP contribution in [-0.2, 0) is 30.4 Å². The van der Waals surface area contributed by atoms with Gasteiger partial charge in [0.15, 0.2) is 5.60 Å². The fraction of sp³-hybridized carbons (Fsp3) is 0.667. The summed E-state index contributed by atoms with van der Waals surface area (Å²) in [4.78, 5) is 61.3. The van der Waals surface area contributed by atoms with Gasteiger partial charge in [0.05, 0.1) is 18.9 Å². The predicted molar refractivity (Wildman–Crippen MR) is 190 cm³/mol. The van der Waals surface area contributed by atoms with Gasteiger partial charge in [0.25, 0.3) is 0 Å². The van der Waals surface area contributed by atoms with Crippen LogP contribution in [0.1, 0.15) is 129 Å². The lowest BCUT2D eigenvalue weighted by molar-refractivity contribution is -0.172. The largest absolute Gasteiger partial charge is 0.494 e. The number of ether oxygens (including phenoxy) is 1. The number of aliphatic carboxylic acids is 3. The van der Waals surface area contributed by atoms with E-state index in [0.717, 1.165) is 50.5 Å². The summed E-state index contributed by atoms with van der Waals surface area (Å²) in [7, 11) is 0. The maximum atomic E-state index is 13.4. The number of ketones is 1. The van der Waals surface area contributed by atoms with E-state index < -0.39 is 47.8 Å². The Balaban J connectivity index is 1.90. The molecular formula is C39H59NO10. The Morgan fingerprint density at radius 3 is 2.14 bits per heavy atom. The summed E-state index contributed by atoms with van der Waals surface area (Å²) in [6.07, 6.45) is 16.7. The fourth-order valence-electron chi connectivity index (χ4n) is 6.37. The van der Waals surface area contributed by atoms with E-state index in [0.29, 0.717) is 49.5 Å². The van der Waals surface area contributed by atoms with Crippen molar-refractivity contribution in [3.05, 3.63) is 42.0 Å². The highest BCUT2D eigenvalue weighted by Gasteiger charge is 2.49. The summed E-state index contributed by atoms with van der Waals surface area (Å²) in [6, 6.07) is 5.23. The van der Waals surface area contributed by atoms with Crippen LogP contribution >= 0.6 is 0 Å². The lowest BCUT2D eigenvalue weighted by atomic mass is 9.82. The second-order valence-corrected chi connectivity index (χ2v) is 14.2. The van der Waals surface area contributed by atoms with E-state index in [1.165, 1.54) is 44.6 Å². The summed E-state index contributed by atoms with van der Waals surface area (Å²) >= 11 is 0. The van der Waals surface area contributed by atoms with Crippen molar-refractivity contribution in [3.63, 3.8) is 0 Å². The van der Waals surface area contributed by atoms with Crippen LogP contribution in [0.2, 0.25) is 0 Å². The molecule has 1 amide bonds. The third-order valence-electron chi connectivity index (χ3n) is 9.48. The first kappa shape index (κ1) is 42.4. The minimum absolute atomic E-state index is 0.142. The Morgan fingerprint density at radius 2 is 1.54 bits per heavy atom. The normalized spacial score (nSPS) is 16.1. The molecule has 1 unspecified atom stereocenters. The third-order valence-corrected chi connectivity index (χ3v) is 9.48. The molecule has 0 heterocycles. The zero-order chi connectivity index (χ0) is 36.9. The van der Waals surface area contributed by atoms with Crippen molar-refractivity contribution in [2.75, 3.05) is 6.61 Å². The summed E-state index contributed by atoms with van der Waals surface area (Å²) in [5.74, 6) is -5.71. The number of carboxylic acids is 3. The predicted octanol–water partition coefficient (Wildman–Crippen LogP) is 6.74. The molecule has 1 aliphatic rings. The molecule has 3 atom stereocenters. The van der Waals surface area contributed by atoms with Gasteiger partial charge in [-0.2, -0.15) is 0 Å². The van der Waals surface area contributed by atoms with E-state index >= 15 is 0 Å². The highest BCUT2D eigenvalue weighted by Crippen LogP contribution is 2.28. The maximum absolute atomic E-state index is 13.4. The van der Waals surface area contributed by atoms with Crippen molar-refractivity contribution >= 4 is 29.6 Å². The van der Waals surface area contributed by atoms with Crippen LogP contribution in [0.25, 0.3) is 0 Å². The minimum Gasteiger partial charge on any atom is -0.494 e. The van der Waals surface area contributed by atoms with E-state index in [2.05, 4.69) is 19.2 Å². The number of Topliss-reactive ketones (excluding diaryl/α,β-unsaturated/α-hetero) is 1. The van der Waals surface area contributed by atoms with Gasteiger partial charge in [0, 0.05) is 19.3 Å². The first-order chi connectivity index (χ1) is 23.8. The number of rotatable bonds is 26. The molecule has 5 N–H and O–H groups in total. The average Bonchev–Trinajstić information content (AvgIpc) is 3.06. The molecule has 0 radical (unpaired) electrons. The second kappa shape index (κ2) is 22.9. The van der Waals surface area contributed by atoms with Gasteiger partial charge in [-0.15, -0.1) is 0 Å². The monoisotopic (exact) mass is 701 g/mol. The second-order valence-electron chi connectivity index (χ2n) is 14.2. The lowest BCUT2D eigenvalue weighted by Gasteiger charge is -2.29. The zero-order valence-corrected chi connectivity index (χ0v) is 29.9. The van der Waals surface area contributed by atoms with Crippen LogP contribution in [-0.4, -0.2) is 68.3 Å². The highest BCUT2D eigenvalue weighted by molar-refractivity contribution is 5.94. The molecule has 0 aromatic heterocycles. The number of unbranched alkanes of at least 4 members (excludes halogenated alkanes) is 5. The van der Waals surface area contributed by atoms with Gasteiger partial charge in [-0.1, -0.05) is 95.9 Å². The number of hydrogen-bond donors (Lipinski definition) is 5. The first-order valence-corrected chi connectivity index (χ1v) is 18.4. The van der Waals surface area contributed by atoms with Crippen molar-refractivity contribution in [2.45, 2.75) is 141 Å². The van der Waals surface area contributed by atoms with Crippen molar-refractivity contribution in [3.8, 4) is 5.75 Å². The Morgan fingerprint density at radius 1 is 0.900 bits per heavy atom. The van der Waals surface area contributed by atoms with Crippen LogP contribution in [0.15, 0.2) is 36.4 Å². The fourth-order valence-corrected chi connectivity index (χ4v) is 6.37. The molecule has 280 valence electrons. The Hall–Kier alpha value is -3.73. The van der Waals surface area contributed by atoms with Crippen molar-refractivity contribution in [2.24, 2.45) is 17.8 Å². The van der Waals surface area contributed by atoms with Crippen LogP contribution < -0.4 is 10.1 Å². The molecule has 1 aromatic carbocycles. The number of benzene rings is 1. The van der Waals surface area contributed by atoms with E-state index in [1.54, 1.807) is 24.3 Å². The van der Waals surface area contributed by atoms with Crippen LogP contribution in [0.4, 0.5) is 0 Å². The molecule has 1 aromatic rings. The molecule has 1 saturated carbocycles.